The van der Waals surface area contributed by atoms with Crippen LogP contribution >= 0.6 is 23.8 Å². The molecular weight excluding hydrogens is 320 g/mol. The Morgan fingerprint density at radius 2 is 1.77 bits per heavy atom. The molecule has 0 bridgehead atoms. The van der Waals surface area contributed by atoms with Crippen LogP contribution < -0.4 is 16.1 Å². The predicted molar refractivity (Wildman–Crippen MR) is 93.4 cm³/mol. The van der Waals surface area contributed by atoms with E-state index in [9.17, 15) is 4.79 Å². The first-order chi connectivity index (χ1) is 10.6. The van der Waals surface area contributed by atoms with Gasteiger partial charge in [0, 0.05) is 10.7 Å². The highest BCUT2D eigenvalue weighted by Gasteiger charge is 2.03. The number of hydrogen-bond acceptors (Lipinski definition) is 3. The Morgan fingerprint density at radius 1 is 1.09 bits per heavy atom. The van der Waals surface area contributed by atoms with Crippen LogP contribution in [0.15, 0.2) is 59.7 Å². The summed E-state index contributed by atoms with van der Waals surface area (Å²) >= 11 is 10.8. The van der Waals surface area contributed by atoms with Crippen molar-refractivity contribution in [2.75, 3.05) is 5.32 Å². The lowest BCUT2D eigenvalue weighted by molar-refractivity contribution is 0.246. The van der Waals surface area contributed by atoms with Crippen molar-refractivity contribution in [3.05, 3.63) is 65.2 Å². The Kier molecular flexibility index (Phi) is 5.88. The summed E-state index contributed by atoms with van der Waals surface area (Å²) in [7, 11) is 0. The van der Waals surface area contributed by atoms with E-state index in [1.165, 1.54) is 6.21 Å². The van der Waals surface area contributed by atoms with E-state index in [-0.39, 0.29) is 5.11 Å². The van der Waals surface area contributed by atoms with Gasteiger partial charge in [0.15, 0.2) is 5.11 Å². The first kappa shape index (κ1) is 15.9. The third kappa shape index (κ3) is 5.51. The van der Waals surface area contributed by atoms with E-state index in [0.717, 1.165) is 11.3 Å². The maximum atomic E-state index is 11.6. The fourth-order valence-electron chi connectivity index (χ4n) is 1.53. The summed E-state index contributed by atoms with van der Waals surface area (Å²) in [5, 5.41) is 9.92. The predicted octanol–water partition coefficient (Wildman–Crippen LogP) is 3.37. The number of anilines is 1. The standard InChI is InChI=1S/C15H13ClN4OS/c16-12-6-8-13(9-7-12)18-15(22)19-14(21)20-17-10-11-4-2-1-3-5-11/h1-10H,(H3,18,19,20,21,22)/b17-10+. The number of rotatable bonds is 3. The summed E-state index contributed by atoms with van der Waals surface area (Å²) in [4.78, 5) is 11.6. The molecule has 5 nitrogen and oxygen atoms in total. The van der Waals surface area contributed by atoms with E-state index in [4.69, 9.17) is 23.8 Å². The van der Waals surface area contributed by atoms with Crippen LogP contribution in [0.4, 0.5) is 10.5 Å². The Hall–Kier alpha value is -2.44. The van der Waals surface area contributed by atoms with Gasteiger partial charge >= 0.3 is 6.03 Å². The number of benzene rings is 2. The fourth-order valence-corrected chi connectivity index (χ4v) is 1.87. The summed E-state index contributed by atoms with van der Waals surface area (Å²) in [6.45, 7) is 0. The molecule has 0 saturated heterocycles. The molecule has 0 atom stereocenters. The third-order valence-electron chi connectivity index (χ3n) is 2.51. The van der Waals surface area contributed by atoms with Gasteiger partial charge in [-0.3, -0.25) is 5.32 Å². The highest BCUT2D eigenvalue weighted by atomic mass is 35.5. The molecule has 2 aromatic rings. The van der Waals surface area contributed by atoms with E-state index in [1.807, 2.05) is 30.3 Å². The number of halogens is 1. The molecule has 7 heteroatoms. The SMILES string of the molecule is O=C(N/N=C/c1ccccc1)NC(=S)Nc1ccc(Cl)cc1. The topological polar surface area (TPSA) is 65.5 Å². The molecule has 0 saturated carbocycles. The van der Waals surface area contributed by atoms with Crippen molar-refractivity contribution in [1.82, 2.24) is 10.7 Å². The lowest BCUT2D eigenvalue weighted by Crippen LogP contribution is -2.39. The largest absolute Gasteiger partial charge is 0.341 e. The average molecular weight is 333 g/mol. The summed E-state index contributed by atoms with van der Waals surface area (Å²) in [6, 6.07) is 15.8. The average Bonchev–Trinajstić information content (AvgIpc) is 2.50. The molecule has 2 aromatic carbocycles. The molecule has 22 heavy (non-hydrogen) atoms. The molecule has 0 aliphatic heterocycles. The van der Waals surface area contributed by atoms with Crippen molar-refractivity contribution in [2.24, 2.45) is 5.10 Å². The van der Waals surface area contributed by atoms with Gasteiger partial charge in [-0.1, -0.05) is 41.9 Å². The molecular formula is C15H13ClN4OS. The van der Waals surface area contributed by atoms with Gasteiger partial charge in [0.05, 0.1) is 6.21 Å². The van der Waals surface area contributed by atoms with Crippen LogP contribution in [0, 0.1) is 0 Å². The summed E-state index contributed by atoms with van der Waals surface area (Å²) < 4.78 is 0. The zero-order chi connectivity index (χ0) is 15.8. The molecule has 0 fully saturated rings. The van der Waals surface area contributed by atoms with E-state index in [0.29, 0.717) is 5.02 Å². The number of amides is 2. The lowest BCUT2D eigenvalue weighted by atomic mass is 10.2. The molecule has 2 rings (SSSR count). The Bertz CT molecular complexity index is 674. The smallest absolute Gasteiger partial charge is 0.332 e. The van der Waals surface area contributed by atoms with Crippen molar-refractivity contribution < 1.29 is 4.79 Å². The van der Waals surface area contributed by atoms with Gasteiger partial charge in [-0.25, -0.2) is 10.2 Å². The Morgan fingerprint density at radius 3 is 2.45 bits per heavy atom. The second kappa shape index (κ2) is 8.11. The highest BCUT2D eigenvalue weighted by molar-refractivity contribution is 7.80. The van der Waals surface area contributed by atoms with Gasteiger partial charge in [-0.05, 0) is 42.0 Å². The van der Waals surface area contributed by atoms with Crippen molar-refractivity contribution in [2.45, 2.75) is 0 Å². The van der Waals surface area contributed by atoms with E-state index < -0.39 is 6.03 Å². The Labute approximate surface area is 138 Å². The maximum Gasteiger partial charge on any atom is 0.341 e. The monoisotopic (exact) mass is 332 g/mol. The van der Waals surface area contributed by atoms with Crippen molar-refractivity contribution in [3.8, 4) is 0 Å². The van der Waals surface area contributed by atoms with Crippen molar-refractivity contribution in [1.29, 1.82) is 0 Å². The number of carbonyl (C=O) groups is 1. The number of urea groups is 1. The zero-order valence-electron chi connectivity index (χ0n) is 11.4. The summed E-state index contributed by atoms with van der Waals surface area (Å²) in [6.07, 6.45) is 1.54. The number of nitrogens with zero attached hydrogens (tertiary/aromatic N) is 1. The first-order valence-corrected chi connectivity index (χ1v) is 7.14. The molecule has 2 amide bonds. The number of hydrazone groups is 1. The second-order valence-corrected chi connectivity index (χ2v) is 5.04. The van der Waals surface area contributed by atoms with Gasteiger partial charge in [0.25, 0.3) is 0 Å². The first-order valence-electron chi connectivity index (χ1n) is 6.35. The molecule has 0 radical (unpaired) electrons. The second-order valence-electron chi connectivity index (χ2n) is 4.20. The molecule has 3 N–H and O–H groups in total. The maximum absolute atomic E-state index is 11.6. The molecule has 0 spiro atoms. The fraction of sp³-hybridized carbons (Fsp3) is 0. The number of carbonyl (C=O) groups excluding carboxylic acids is 1. The van der Waals surface area contributed by atoms with Crippen LogP contribution in [-0.4, -0.2) is 17.4 Å². The Balaban J connectivity index is 1.78. The minimum atomic E-state index is -0.529. The van der Waals surface area contributed by atoms with Gasteiger partial charge < -0.3 is 5.32 Å². The number of nitrogens with one attached hydrogen (secondary N) is 3. The normalized spacial score (nSPS) is 10.2. The van der Waals surface area contributed by atoms with Crippen molar-refractivity contribution >= 4 is 46.9 Å². The summed E-state index contributed by atoms with van der Waals surface area (Å²) in [5.74, 6) is 0. The van der Waals surface area contributed by atoms with Crippen LogP contribution in [-0.2, 0) is 0 Å². The van der Waals surface area contributed by atoms with Crippen LogP contribution in [0.1, 0.15) is 5.56 Å². The zero-order valence-corrected chi connectivity index (χ0v) is 13.0. The van der Waals surface area contributed by atoms with Gasteiger partial charge in [0.1, 0.15) is 0 Å². The third-order valence-corrected chi connectivity index (χ3v) is 2.96. The van der Waals surface area contributed by atoms with Crippen LogP contribution in [0.3, 0.4) is 0 Å². The van der Waals surface area contributed by atoms with Gasteiger partial charge in [-0.15, -0.1) is 0 Å². The van der Waals surface area contributed by atoms with Crippen LogP contribution in [0.2, 0.25) is 5.02 Å². The number of hydrogen-bond donors (Lipinski definition) is 3. The van der Waals surface area contributed by atoms with E-state index in [1.54, 1.807) is 24.3 Å². The lowest BCUT2D eigenvalue weighted by Gasteiger charge is -2.08. The van der Waals surface area contributed by atoms with Gasteiger partial charge in [0.2, 0.25) is 0 Å². The van der Waals surface area contributed by atoms with Crippen LogP contribution in [0.5, 0.6) is 0 Å². The number of thiocarbonyl (C=S) groups is 1. The summed E-state index contributed by atoms with van der Waals surface area (Å²) in [5.41, 5.74) is 3.93. The molecule has 0 aliphatic rings. The highest BCUT2D eigenvalue weighted by Crippen LogP contribution is 2.12. The minimum Gasteiger partial charge on any atom is -0.332 e. The molecule has 0 unspecified atom stereocenters. The van der Waals surface area contributed by atoms with Gasteiger partial charge in [-0.2, -0.15) is 5.10 Å². The molecule has 0 heterocycles. The molecule has 0 aliphatic carbocycles. The van der Waals surface area contributed by atoms with Crippen molar-refractivity contribution in [3.63, 3.8) is 0 Å². The van der Waals surface area contributed by atoms with E-state index >= 15 is 0 Å². The quantitative estimate of drug-likeness (QED) is 0.458. The molecule has 112 valence electrons. The molecule has 0 aromatic heterocycles. The van der Waals surface area contributed by atoms with Crippen LogP contribution in [0.25, 0.3) is 0 Å². The minimum absolute atomic E-state index is 0.162. The van der Waals surface area contributed by atoms with E-state index in [2.05, 4.69) is 21.2 Å².